The number of hydrogen-bond donors (Lipinski definition) is 0. The Balaban J connectivity index is 2.47. The Morgan fingerprint density at radius 1 is 1.35 bits per heavy atom. The number of ether oxygens (including phenoxy) is 1. The van der Waals surface area contributed by atoms with Gasteiger partial charge in [0.05, 0.1) is 0 Å². The fourth-order valence-corrected chi connectivity index (χ4v) is 2.26. The van der Waals surface area contributed by atoms with Crippen LogP contribution in [-0.4, -0.2) is 12.1 Å². The van der Waals surface area contributed by atoms with Gasteiger partial charge in [0.1, 0.15) is 6.10 Å². The van der Waals surface area contributed by atoms with Crippen molar-refractivity contribution in [2.75, 3.05) is 0 Å². The molecule has 17 heavy (non-hydrogen) atoms. The second-order valence-corrected chi connectivity index (χ2v) is 4.95. The Morgan fingerprint density at radius 2 is 2.18 bits per heavy atom. The zero-order valence-corrected chi connectivity index (χ0v) is 11.3. The molecular formula is C15H26O2. The van der Waals surface area contributed by atoms with Gasteiger partial charge in [-0.3, -0.25) is 4.79 Å². The van der Waals surface area contributed by atoms with Crippen LogP contribution < -0.4 is 0 Å². The number of allylic oxidation sites excluding steroid dienone is 1. The Bertz CT molecular complexity index is 256. The van der Waals surface area contributed by atoms with Crippen molar-refractivity contribution in [1.29, 1.82) is 0 Å². The molecule has 1 atom stereocenters. The number of unbranched alkanes of at least 4 members (excludes halogenated alkanes) is 1. The van der Waals surface area contributed by atoms with Crippen LogP contribution in [0.2, 0.25) is 0 Å². The van der Waals surface area contributed by atoms with E-state index in [1.165, 1.54) is 44.1 Å². The van der Waals surface area contributed by atoms with E-state index in [-0.39, 0.29) is 12.1 Å². The zero-order chi connectivity index (χ0) is 12.5. The average Bonchev–Trinajstić information content (AvgIpc) is 2.52. The van der Waals surface area contributed by atoms with E-state index in [1.54, 1.807) is 0 Å². The van der Waals surface area contributed by atoms with Crippen LogP contribution in [0.25, 0.3) is 0 Å². The van der Waals surface area contributed by atoms with Crippen LogP contribution in [-0.2, 0) is 9.53 Å². The van der Waals surface area contributed by atoms with E-state index in [2.05, 4.69) is 13.0 Å². The molecule has 0 saturated carbocycles. The lowest BCUT2D eigenvalue weighted by molar-refractivity contribution is -0.147. The van der Waals surface area contributed by atoms with Crippen LogP contribution in [0.5, 0.6) is 0 Å². The fourth-order valence-electron chi connectivity index (χ4n) is 2.26. The van der Waals surface area contributed by atoms with Crippen LogP contribution in [0.1, 0.15) is 71.6 Å². The molecule has 0 amide bonds. The minimum Gasteiger partial charge on any atom is -0.458 e. The molecule has 0 aromatic heterocycles. The van der Waals surface area contributed by atoms with E-state index in [4.69, 9.17) is 4.74 Å². The summed E-state index contributed by atoms with van der Waals surface area (Å²) in [7, 11) is 0. The first-order valence-corrected chi connectivity index (χ1v) is 7.15. The summed E-state index contributed by atoms with van der Waals surface area (Å²) in [6, 6.07) is 0. The van der Waals surface area contributed by atoms with Crippen molar-refractivity contribution in [3.05, 3.63) is 11.6 Å². The third-order valence-electron chi connectivity index (χ3n) is 3.25. The Kier molecular flexibility index (Phi) is 6.99. The normalized spacial score (nSPS) is 20.6. The minimum atomic E-state index is -0.0366. The van der Waals surface area contributed by atoms with Crippen molar-refractivity contribution in [3.8, 4) is 0 Å². The molecule has 0 radical (unpaired) electrons. The lowest BCUT2D eigenvalue weighted by Crippen LogP contribution is -2.15. The van der Waals surface area contributed by atoms with Crippen LogP contribution >= 0.6 is 0 Å². The van der Waals surface area contributed by atoms with Gasteiger partial charge in [-0.2, -0.15) is 0 Å². The topological polar surface area (TPSA) is 26.3 Å². The van der Waals surface area contributed by atoms with Crippen molar-refractivity contribution in [3.63, 3.8) is 0 Å². The van der Waals surface area contributed by atoms with Crippen molar-refractivity contribution in [1.82, 2.24) is 0 Å². The molecule has 0 aromatic carbocycles. The second kappa shape index (κ2) is 8.32. The first-order chi connectivity index (χ1) is 8.26. The summed E-state index contributed by atoms with van der Waals surface area (Å²) in [5, 5.41) is 0. The van der Waals surface area contributed by atoms with E-state index in [0.29, 0.717) is 6.42 Å². The Hall–Kier alpha value is -0.790. The molecule has 0 aromatic rings. The molecular weight excluding hydrogens is 212 g/mol. The van der Waals surface area contributed by atoms with Gasteiger partial charge in [0.25, 0.3) is 0 Å². The molecule has 0 heterocycles. The van der Waals surface area contributed by atoms with Gasteiger partial charge in [0, 0.05) is 6.42 Å². The summed E-state index contributed by atoms with van der Waals surface area (Å²) < 4.78 is 5.51. The van der Waals surface area contributed by atoms with E-state index in [0.717, 1.165) is 12.8 Å². The minimum absolute atomic E-state index is 0.0366. The summed E-state index contributed by atoms with van der Waals surface area (Å²) >= 11 is 0. The molecule has 1 aliphatic carbocycles. The van der Waals surface area contributed by atoms with Crippen LogP contribution in [0, 0.1) is 0 Å². The third kappa shape index (κ3) is 5.90. The highest BCUT2D eigenvalue weighted by molar-refractivity contribution is 5.69. The fraction of sp³-hybridized carbons (Fsp3) is 0.800. The summed E-state index contributed by atoms with van der Waals surface area (Å²) in [4.78, 5) is 11.5. The van der Waals surface area contributed by atoms with E-state index < -0.39 is 0 Å². The van der Waals surface area contributed by atoms with E-state index in [1.807, 2.05) is 6.92 Å². The molecule has 0 N–H and O–H groups in total. The van der Waals surface area contributed by atoms with Crippen molar-refractivity contribution in [2.24, 2.45) is 0 Å². The summed E-state index contributed by atoms with van der Waals surface area (Å²) in [6.45, 7) is 4.23. The van der Waals surface area contributed by atoms with Gasteiger partial charge in [-0.05, 0) is 51.0 Å². The highest BCUT2D eigenvalue weighted by atomic mass is 16.5. The molecule has 1 unspecified atom stereocenters. The molecule has 0 fully saturated rings. The number of rotatable bonds is 6. The molecule has 2 heteroatoms. The SMILES string of the molecule is CCCCC1=CC(OC(=O)CCC)CCCC1. The zero-order valence-electron chi connectivity index (χ0n) is 11.3. The van der Waals surface area contributed by atoms with Crippen molar-refractivity contribution in [2.45, 2.75) is 77.7 Å². The molecule has 1 rings (SSSR count). The standard InChI is InChI=1S/C15H26O2/c1-3-5-9-13-10-6-7-11-14(12-13)17-15(16)8-4-2/h12,14H,3-11H2,1-2H3. The van der Waals surface area contributed by atoms with Gasteiger partial charge >= 0.3 is 5.97 Å². The maximum atomic E-state index is 11.5. The smallest absolute Gasteiger partial charge is 0.306 e. The molecule has 0 saturated heterocycles. The van der Waals surface area contributed by atoms with Gasteiger partial charge in [0.15, 0.2) is 0 Å². The number of carbonyl (C=O) groups is 1. The van der Waals surface area contributed by atoms with Gasteiger partial charge in [-0.1, -0.05) is 25.8 Å². The first kappa shape index (κ1) is 14.3. The summed E-state index contributed by atoms with van der Waals surface area (Å²) in [5.74, 6) is -0.0366. The Morgan fingerprint density at radius 3 is 2.88 bits per heavy atom. The molecule has 2 nitrogen and oxygen atoms in total. The predicted octanol–water partition coefficient (Wildman–Crippen LogP) is 4.39. The number of esters is 1. The number of carbonyl (C=O) groups excluding carboxylic acids is 1. The van der Waals surface area contributed by atoms with Crippen LogP contribution in [0.15, 0.2) is 11.6 Å². The highest BCUT2D eigenvalue weighted by Crippen LogP contribution is 2.23. The average molecular weight is 238 g/mol. The maximum Gasteiger partial charge on any atom is 0.306 e. The number of hydrogen-bond acceptors (Lipinski definition) is 2. The predicted molar refractivity (Wildman–Crippen MR) is 70.9 cm³/mol. The lowest BCUT2D eigenvalue weighted by atomic mass is 10.0. The van der Waals surface area contributed by atoms with E-state index >= 15 is 0 Å². The summed E-state index contributed by atoms with van der Waals surface area (Å²) in [6.07, 6.45) is 12.0. The van der Waals surface area contributed by atoms with Crippen LogP contribution in [0.3, 0.4) is 0 Å². The van der Waals surface area contributed by atoms with E-state index in [9.17, 15) is 4.79 Å². The lowest BCUT2D eigenvalue weighted by Gasteiger charge is -2.13. The third-order valence-corrected chi connectivity index (χ3v) is 3.25. The van der Waals surface area contributed by atoms with Crippen LogP contribution in [0.4, 0.5) is 0 Å². The summed E-state index contributed by atoms with van der Waals surface area (Å²) in [5.41, 5.74) is 1.50. The largest absolute Gasteiger partial charge is 0.458 e. The van der Waals surface area contributed by atoms with Gasteiger partial charge in [-0.25, -0.2) is 0 Å². The quantitative estimate of drug-likeness (QED) is 0.507. The maximum absolute atomic E-state index is 11.5. The monoisotopic (exact) mass is 238 g/mol. The van der Waals surface area contributed by atoms with Gasteiger partial charge < -0.3 is 4.74 Å². The molecule has 0 aliphatic heterocycles. The second-order valence-electron chi connectivity index (χ2n) is 4.95. The first-order valence-electron chi connectivity index (χ1n) is 7.15. The van der Waals surface area contributed by atoms with Gasteiger partial charge in [0.2, 0.25) is 0 Å². The molecule has 0 bridgehead atoms. The van der Waals surface area contributed by atoms with Crippen molar-refractivity contribution < 1.29 is 9.53 Å². The van der Waals surface area contributed by atoms with Crippen molar-refractivity contribution >= 4 is 5.97 Å². The molecule has 0 spiro atoms. The Labute approximate surface area is 105 Å². The van der Waals surface area contributed by atoms with Gasteiger partial charge in [-0.15, -0.1) is 0 Å². The highest BCUT2D eigenvalue weighted by Gasteiger charge is 2.15. The molecule has 1 aliphatic rings. The molecule has 98 valence electrons.